The van der Waals surface area contributed by atoms with E-state index in [1.54, 1.807) is 0 Å². The van der Waals surface area contributed by atoms with E-state index in [1.807, 2.05) is 0 Å². The summed E-state index contributed by atoms with van der Waals surface area (Å²) in [6.07, 6.45) is 1.10. The summed E-state index contributed by atoms with van der Waals surface area (Å²) in [5.74, 6) is -0.993. The molecule has 0 aliphatic rings. The van der Waals surface area contributed by atoms with Gasteiger partial charge in [0.25, 0.3) is 0 Å². The molecule has 1 aromatic carbocycles. The number of rotatable bonds is 2. The third-order valence-corrected chi connectivity index (χ3v) is 2.04. The fraction of sp³-hybridized carbons (Fsp3) is 0.125. The predicted octanol–water partition coefficient (Wildman–Crippen LogP) is 3.40. The molecule has 7 heteroatoms. The molecule has 15 heavy (non-hydrogen) atoms. The summed E-state index contributed by atoms with van der Waals surface area (Å²) in [5, 5.41) is 0. The third-order valence-electron chi connectivity index (χ3n) is 1.32. The van der Waals surface area contributed by atoms with Crippen LogP contribution in [-0.4, -0.2) is 11.6 Å². The van der Waals surface area contributed by atoms with Gasteiger partial charge in [0.15, 0.2) is 5.82 Å². The number of thioether (sulfide) groups is 1. The molecule has 0 amide bonds. The molecular weight excluding hydrogens is 234 g/mol. The number of halogens is 4. The van der Waals surface area contributed by atoms with Gasteiger partial charge in [-0.15, -0.1) is 0 Å². The van der Waals surface area contributed by atoms with Gasteiger partial charge >= 0.3 is 5.51 Å². The maximum Gasteiger partial charge on any atom is 0.446 e. The van der Waals surface area contributed by atoms with Gasteiger partial charge in [0, 0.05) is 4.90 Å². The molecule has 0 atom stereocenters. The lowest BCUT2D eigenvalue weighted by Gasteiger charge is -2.05. The molecule has 0 saturated carbocycles. The van der Waals surface area contributed by atoms with Crippen LogP contribution in [-0.2, 0) is 4.79 Å². The lowest BCUT2D eigenvalue weighted by molar-refractivity contribution is -0.0328. The minimum Gasteiger partial charge on any atom is -0.211 e. The highest BCUT2D eigenvalue weighted by Gasteiger charge is 2.29. The zero-order valence-corrected chi connectivity index (χ0v) is 7.82. The first kappa shape index (κ1) is 11.7. The molecule has 0 bridgehead atoms. The fourth-order valence-electron chi connectivity index (χ4n) is 0.825. The van der Waals surface area contributed by atoms with Crippen LogP contribution >= 0.6 is 11.8 Å². The zero-order valence-electron chi connectivity index (χ0n) is 7.01. The molecule has 0 N–H and O–H groups in total. The summed E-state index contributed by atoms with van der Waals surface area (Å²) < 4.78 is 48.6. The molecule has 1 aromatic rings. The Bertz CT molecular complexity index is 412. The van der Waals surface area contributed by atoms with Gasteiger partial charge in [-0.25, -0.2) is 9.18 Å². The van der Waals surface area contributed by atoms with Gasteiger partial charge in [0.1, 0.15) is 5.69 Å². The summed E-state index contributed by atoms with van der Waals surface area (Å²) in [5.41, 5.74) is -4.81. The van der Waals surface area contributed by atoms with Crippen molar-refractivity contribution in [3.63, 3.8) is 0 Å². The van der Waals surface area contributed by atoms with Gasteiger partial charge in [-0.05, 0) is 30.0 Å². The largest absolute Gasteiger partial charge is 0.446 e. The summed E-state index contributed by atoms with van der Waals surface area (Å²) in [4.78, 5) is 12.5. The van der Waals surface area contributed by atoms with Crippen LogP contribution in [0.4, 0.5) is 23.2 Å². The van der Waals surface area contributed by atoms with Crippen molar-refractivity contribution in [2.75, 3.05) is 0 Å². The number of carbonyl (C=O) groups excluding carboxylic acids is 1. The van der Waals surface area contributed by atoms with E-state index in [9.17, 15) is 22.4 Å². The van der Waals surface area contributed by atoms with E-state index < -0.39 is 23.1 Å². The van der Waals surface area contributed by atoms with Gasteiger partial charge < -0.3 is 0 Å². The maximum atomic E-state index is 13.0. The van der Waals surface area contributed by atoms with Crippen molar-refractivity contribution in [1.82, 2.24) is 0 Å². The molecule has 0 aromatic heterocycles. The first-order valence-electron chi connectivity index (χ1n) is 3.55. The van der Waals surface area contributed by atoms with Crippen LogP contribution < -0.4 is 0 Å². The number of alkyl halides is 3. The molecule has 0 fully saturated rings. The Morgan fingerprint density at radius 1 is 1.33 bits per heavy atom. The molecule has 0 spiro atoms. The minimum atomic E-state index is -4.47. The highest BCUT2D eigenvalue weighted by atomic mass is 32.2. The Morgan fingerprint density at radius 2 is 2.00 bits per heavy atom. The van der Waals surface area contributed by atoms with Crippen molar-refractivity contribution in [1.29, 1.82) is 0 Å². The van der Waals surface area contributed by atoms with Gasteiger partial charge in [-0.3, -0.25) is 0 Å². The van der Waals surface area contributed by atoms with Crippen LogP contribution in [0.25, 0.3) is 0 Å². The summed E-state index contributed by atoms with van der Waals surface area (Å²) >= 11 is -0.439. The standard InChI is InChI=1S/C8H3F4NOS/c9-6-3-5(15-8(10,11)12)1-2-7(6)13-4-14/h1-3H. The van der Waals surface area contributed by atoms with Crippen molar-refractivity contribution in [3.8, 4) is 0 Å². The summed E-state index contributed by atoms with van der Waals surface area (Å²) in [6.45, 7) is 0. The van der Waals surface area contributed by atoms with Gasteiger partial charge in [0.05, 0.1) is 0 Å². The van der Waals surface area contributed by atoms with Crippen LogP contribution in [0.3, 0.4) is 0 Å². The van der Waals surface area contributed by atoms with Crippen molar-refractivity contribution in [2.45, 2.75) is 10.4 Å². The van der Waals surface area contributed by atoms with E-state index in [0.717, 1.165) is 18.2 Å². The van der Waals surface area contributed by atoms with Crippen LogP contribution in [0, 0.1) is 5.82 Å². The first-order chi connectivity index (χ1) is 6.92. The van der Waals surface area contributed by atoms with Crippen molar-refractivity contribution in [2.24, 2.45) is 4.99 Å². The molecule has 0 unspecified atom stereocenters. The van der Waals surface area contributed by atoms with Crippen LogP contribution in [0.15, 0.2) is 28.1 Å². The van der Waals surface area contributed by atoms with Crippen molar-refractivity contribution in [3.05, 3.63) is 24.0 Å². The average Bonchev–Trinajstić information content (AvgIpc) is 2.07. The molecule has 80 valence electrons. The Labute approximate surface area is 86.0 Å². The number of benzene rings is 1. The molecule has 0 saturated heterocycles. The Hall–Kier alpha value is -1.33. The number of isocyanates is 1. The van der Waals surface area contributed by atoms with Crippen LogP contribution in [0.1, 0.15) is 0 Å². The lowest BCUT2D eigenvalue weighted by Crippen LogP contribution is -1.98. The lowest BCUT2D eigenvalue weighted by atomic mass is 10.3. The second-order valence-corrected chi connectivity index (χ2v) is 3.50. The summed E-state index contributed by atoms with van der Waals surface area (Å²) in [7, 11) is 0. The van der Waals surface area contributed by atoms with Crippen LogP contribution in [0.5, 0.6) is 0 Å². The monoisotopic (exact) mass is 237 g/mol. The van der Waals surface area contributed by atoms with Crippen molar-refractivity contribution >= 4 is 23.5 Å². The van der Waals surface area contributed by atoms with Crippen molar-refractivity contribution < 1.29 is 22.4 Å². The molecule has 0 radical (unpaired) electrons. The maximum absolute atomic E-state index is 13.0. The molecule has 1 rings (SSSR count). The first-order valence-corrected chi connectivity index (χ1v) is 4.37. The average molecular weight is 237 g/mol. The number of hydrogen-bond acceptors (Lipinski definition) is 3. The van der Waals surface area contributed by atoms with Gasteiger partial charge in [0.2, 0.25) is 6.08 Å². The second-order valence-electron chi connectivity index (χ2n) is 2.36. The normalized spacial score (nSPS) is 10.9. The highest BCUT2D eigenvalue weighted by molar-refractivity contribution is 8.00. The second kappa shape index (κ2) is 4.46. The number of hydrogen-bond donors (Lipinski definition) is 0. The van der Waals surface area contributed by atoms with Gasteiger partial charge in [-0.2, -0.15) is 18.2 Å². The molecular formula is C8H3F4NOS. The van der Waals surface area contributed by atoms with E-state index in [1.165, 1.54) is 0 Å². The van der Waals surface area contributed by atoms with E-state index in [4.69, 9.17) is 0 Å². The van der Waals surface area contributed by atoms with E-state index in [-0.39, 0.29) is 10.6 Å². The predicted molar refractivity (Wildman–Crippen MR) is 46.1 cm³/mol. The van der Waals surface area contributed by atoms with E-state index >= 15 is 0 Å². The topological polar surface area (TPSA) is 29.4 Å². The van der Waals surface area contributed by atoms with Crippen LogP contribution in [0.2, 0.25) is 0 Å². The van der Waals surface area contributed by atoms with E-state index in [0.29, 0.717) is 6.07 Å². The smallest absolute Gasteiger partial charge is 0.211 e. The minimum absolute atomic E-state index is 0.301. The number of aliphatic imine (C=N–C) groups is 1. The highest BCUT2D eigenvalue weighted by Crippen LogP contribution is 2.37. The molecule has 0 aliphatic heterocycles. The SMILES string of the molecule is O=C=Nc1ccc(SC(F)(F)F)cc1F. The molecule has 0 heterocycles. The Morgan fingerprint density at radius 3 is 2.47 bits per heavy atom. The van der Waals surface area contributed by atoms with E-state index in [2.05, 4.69) is 4.99 Å². The fourth-order valence-corrected chi connectivity index (χ4v) is 1.39. The quantitative estimate of drug-likeness (QED) is 0.341. The number of nitrogens with zero attached hydrogens (tertiary/aromatic N) is 1. The Kier molecular flexibility index (Phi) is 3.49. The summed E-state index contributed by atoms with van der Waals surface area (Å²) in [6, 6.07) is 2.67. The molecule has 2 nitrogen and oxygen atoms in total. The zero-order chi connectivity index (χ0) is 11.5. The molecule has 0 aliphatic carbocycles. The Balaban J connectivity index is 2.96. The van der Waals surface area contributed by atoms with Gasteiger partial charge in [-0.1, -0.05) is 0 Å². The third kappa shape index (κ3) is 3.73.